The van der Waals surface area contributed by atoms with Crippen molar-refractivity contribution in [3.8, 4) is 11.5 Å². The van der Waals surface area contributed by atoms with E-state index in [2.05, 4.69) is 4.99 Å². The van der Waals surface area contributed by atoms with Gasteiger partial charge in [-0.1, -0.05) is 17.7 Å². The van der Waals surface area contributed by atoms with Gasteiger partial charge in [0.2, 0.25) is 6.08 Å². The van der Waals surface area contributed by atoms with E-state index >= 15 is 0 Å². The fourth-order valence-electron chi connectivity index (χ4n) is 2.24. The van der Waals surface area contributed by atoms with Gasteiger partial charge in [-0.15, -0.1) is 0 Å². The molecule has 0 radical (unpaired) electrons. The quantitative estimate of drug-likeness (QED) is 0.610. The van der Waals surface area contributed by atoms with Crippen molar-refractivity contribution >= 4 is 17.7 Å². The third-order valence-electron chi connectivity index (χ3n) is 3.33. The number of aliphatic imine (C=N–C) groups is 1. The van der Waals surface area contributed by atoms with E-state index in [1.54, 1.807) is 12.1 Å². The van der Waals surface area contributed by atoms with Crippen LogP contribution in [0.15, 0.2) is 17.1 Å². The number of ether oxygens (including phenoxy) is 2. The highest BCUT2D eigenvalue weighted by Crippen LogP contribution is 2.55. The summed E-state index contributed by atoms with van der Waals surface area (Å²) >= 11 is 6.12. The van der Waals surface area contributed by atoms with Crippen molar-refractivity contribution in [1.29, 1.82) is 0 Å². The van der Waals surface area contributed by atoms with E-state index in [9.17, 15) is 4.79 Å². The molecule has 1 heterocycles. The minimum Gasteiger partial charge on any atom is -0.489 e. The molecule has 94 valence electrons. The Morgan fingerprint density at radius 3 is 2.61 bits per heavy atom. The molecule has 0 bridgehead atoms. The van der Waals surface area contributed by atoms with Gasteiger partial charge in [0.1, 0.15) is 5.54 Å². The first-order chi connectivity index (χ1) is 8.77. The molecule has 0 amide bonds. The lowest BCUT2D eigenvalue weighted by molar-refractivity contribution is 0.295. The van der Waals surface area contributed by atoms with Gasteiger partial charge >= 0.3 is 0 Å². The fraction of sp³-hybridized carbons (Fsp3) is 0.462. The maximum atomic E-state index is 10.5. The van der Waals surface area contributed by atoms with E-state index in [0.29, 0.717) is 29.7 Å². The maximum Gasteiger partial charge on any atom is 0.235 e. The number of benzene rings is 1. The van der Waals surface area contributed by atoms with Crippen molar-refractivity contribution in [2.75, 3.05) is 13.2 Å². The number of halogens is 1. The number of fused-ring (bicyclic) bond motifs is 1. The van der Waals surface area contributed by atoms with Gasteiger partial charge in [-0.2, -0.15) is 4.99 Å². The van der Waals surface area contributed by atoms with Crippen LogP contribution in [0, 0.1) is 0 Å². The Morgan fingerprint density at radius 1 is 1.22 bits per heavy atom. The number of isocyanates is 1. The smallest absolute Gasteiger partial charge is 0.235 e. The molecule has 0 saturated heterocycles. The number of rotatable bonds is 2. The lowest BCUT2D eigenvalue weighted by Gasteiger charge is -2.17. The molecule has 1 fully saturated rings. The highest BCUT2D eigenvalue weighted by atomic mass is 35.5. The number of nitrogens with zero attached hydrogens (tertiary/aromatic N) is 1. The summed E-state index contributed by atoms with van der Waals surface area (Å²) in [6.07, 6.45) is 4.13. The molecule has 1 aromatic carbocycles. The summed E-state index contributed by atoms with van der Waals surface area (Å²) in [7, 11) is 0. The molecule has 2 aliphatic rings. The highest BCUT2D eigenvalue weighted by molar-refractivity contribution is 6.32. The minimum atomic E-state index is -0.468. The molecule has 1 aliphatic carbocycles. The Hall–Kier alpha value is -1.51. The molecular weight excluding hydrogens is 254 g/mol. The zero-order chi connectivity index (χ0) is 12.6. The summed E-state index contributed by atoms with van der Waals surface area (Å²) < 4.78 is 11.4. The molecule has 1 aliphatic heterocycles. The standard InChI is InChI=1S/C13H12ClNO3/c14-10-3-2-9(13(4-5-13)15-8-16)11-12(10)18-7-1-6-17-11/h2-3H,1,4-7H2. The molecule has 3 rings (SSSR count). The summed E-state index contributed by atoms with van der Waals surface area (Å²) in [5, 5.41) is 0.529. The normalized spacial score (nSPS) is 19.6. The predicted molar refractivity (Wildman–Crippen MR) is 66.1 cm³/mol. The molecule has 18 heavy (non-hydrogen) atoms. The summed E-state index contributed by atoms with van der Waals surface area (Å²) in [6.45, 7) is 1.17. The van der Waals surface area contributed by atoms with E-state index in [4.69, 9.17) is 21.1 Å². The van der Waals surface area contributed by atoms with Crippen LogP contribution in [-0.2, 0) is 10.3 Å². The Labute approximate surface area is 110 Å². The van der Waals surface area contributed by atoms with Gasteiger partial charge in [-0.3, -0.25) is 0 Å². The van der Waals surface area contributed by atoms with Crippen LogP contribution in [0.25, 0.3) is 0 Å². The van der Waals surface area contributed by atoms with Gasteiger partial charge < -0.3 is 9.47 Å². The van der Waals surface area contributed by atoms with Crippen LogP contribution in [0.5, 0.6) is 11.5 Å². The largest absolute Gasteiger partial charge is 0.489 e. The van der Waals surface area contributed by atoms with Gasteiger partial charge in [0, 0.05) is 12.0 Å². The molecule has 4 nitrogen and oxygen atoms in total. The molecular formula is C13H12ClNO3. The van der Waals surface area contributed by atoms with Crippen molar-refractivity contribution < 1.29 is 14.3 Å². The topological polar surface area (TPSA) is 47.9 Å². The van der Waals surface area contributed by atoms with Crippen LogP contribution < -0.4 is 9.47 Å². The summed E-state index contributed by atoms with van der Waals surface area (Å²) in [5.74, 6) is 1.20. The van der Waals surface area contributed by atoms with E-state index in [0.717, 1.165) is 24.8 Å². The Bertz CT molecular complexity index is 533. The molecule has 0 aromatic heterocycles. The third kappa shape index (κ3) is 1.78. The summed E-state index contributed by atoms with van der Waals surface area (Å²) in [5.41, 5.74) is 0.413. The lowest BCUT2D eigenvalue weighted by Crippen LogP contribution is -2.07. The SMILES string of the molecule is O=C=NC1(c2ccc(Cl)c3c2OCCCO3)CC1. The van der Waals surface area contributed by atoms with Crippen LogP contribution in [-0.4, -0.2) is 19.3 Å². The molecule has 0 unspecified atom stereocenters. The number of hydrogen-bond donors (Lipinski definition) is 0. The molecule has 0 N–H and O–H groups in total. The monoisotopic (exact) mass is 265 g/mol. The second-order valence-electron chi connectivity index (χ2n) is 4.54. The maximum absolute atomic E-state index is 10.5. The van der Waals surface area contributed by atoms with Gasteiger partial charge in [0.05, 0.1) is 18.2 Å². The zero-order valence-corrected chi connectivity index (χ0v) is 10.5. The van der Waals surface area contributed by atoms with Gasteiger partial charge in [-0.25, -0.2) is 4.79 Å². The van der Waals surface area contributed by atoms with Crippen molar-refractivity contribution in [2.45, 2.75) is 24.8 Å². The molecule has 0 atom stereocenters. The van der Waals surface area contributed by atoms with E-state index in [-0.39, 0.29) is 0 Å². The second-order valence-corrected chi connectivity index (χ2v) is 4.95. The minimum absolute atomic E-state index is 0.468. The van der Waals surface area contributed by atoms with E-state index < -0.39 is 5.54 Å². The molecule has 1 saturated carbocycles. The van der Waals surface area contributed by atoms with Crippen LogP contribution in [0.1, 0.15) is 24.8 Å². The average Bonchev–Trinajstić information content (AvgIpc) is 3.14. The van der Waals surface area contributed by atoms with E-state index in [1.807, 2.05) is 6.07 Å². The zero-order valence-electron chi connectivity index (χ0n) is 9.74. The molecule has 1 aromatic rings. The van der Waals surface area contributed by atoms with Crippen molar-refractivity contribution in [3.63, 3.8) is 0 Å². The Balaban J connectivity index is 2.13. The molecule has 0 spiro atoms. The van der Waals surface area contributed by atoms with Gasteiger partial charge in [-0.05, 0) is 18.9 Å². The predicted octanol–water partition coefficient (Wildman–Crippen LogP) is 2.83. The van der Waals surface area contributed by atoms with Crippen molar-refractivity contribution in [3.05, 3.63) is 22.7 Å². The van der Waals surface area contributed by atoms with Crippen LogP contribution in [0.2, 0.25) is 5.02 Å². The lowest BCUT2D eigenvalue weighted by atomic mass is 10.0. The fourth-order valence-corrected chi connectivity index (χ4v) is 2.44. The van der Waals surface area contributed by atoms with Gasteiger partial charge in [0.15, 0.2) is 11.5 Å². The van der Waals surface area contributed by atoms with Crippen LogP contribution >= 0.6 is 11.6 Å². The van der Waals surface area contributed by atoms with Gasteiger partial charge in [0.25, 0.3) is 0 Å². The number of carbonyl (C=O) groups excluding carboxylic acids is 1. The number of hydrogen-bond acceptors (Lipinski definition) is 4. The third-order valence-corrected chi connectivity index (χ3v) is 3.63. The van der Waals surface area contributed by atoms with Crippen LogP contribution in [0.3, 0.4) is 0 Å². The molecule has 5 heteroatoms. The van der Waals surface area contributed by atoms with Crippen molar-refractivity contribution in [2.24, 2.45) is 4.99 Å². The average molecular weight is 266 g/mol. The summed E-state index contributed by atoms with van der Waals surface area (Å²) in [6, 6.07) is 3.63. The highest BCUT2D eigenvalue weighted by Gasteiger charge is 2.48. The second kappa shape index (κ2) is 4.30. The Morgan fingerprint density at radius 2 is 1.94 bits per heavy atom. The first-order valence-corrected chi connectivity index (χ1v) is 6.32. The Kier molecular flexibility index (Phi) is 2.77. The van der Waals surface area contributed by atoms with Crippen LogP contribution in [0.4, 0.5) is 0 Å². The van der Waals surface area contributed by atoms with E-state index in [1.165, 1.54) is 0 Å². The summed E-state index contributed by atoms with van der Waals surface area (Å²) in [4.78, 5) is 14.5. The van der Waals surface area contributed by atoms with Crippen molar-refractivity contribution in [1.82, 2.24) is 0 Å². The first-order valence-electron chi connectivity index (χ1n) is 5.94. The first kappa shape index (κ1) is 11.6.